The molecule has 0 radical (unpaired) electrons. The molecule has 24 heavy (non-hydrogen) atoms. The number of halogens is 2. The van der Waals surface area contributed by atoms with Crippen LogP contribution in [0.1, 0.15) is 17.5 Å². The lowest BCUT2D eigenvalue weighted by molar-refractivity contribution is 0.302. The van der Waals surface area contributed by atoms with E-state index >= 15 is 0 Å². The highest BCUT2D eigenvalue weighted by molar-refractivity contribution is 9.10. The van der Waals surface area contributed by atoms with E-state index in [-0.39, 0.29) is 0 Å². The van der Waals surface area contributed by atoms with Crippen LogP contribution < -0.4 is 10.1 Å². The molecule has 0 atom stereocenters. The number of nitrogens with one attached hydrogen (secondary N) is 1. The lowest BCUT2D eigenvalue weighted by atomic mass is 10.2. The number of rotatable bonds is 9. The van der Waals surface area contributed by atoms with Gasteiger partial charge in [-0.25, -0.2) is 0 Å². The lowest BCUT2D eigenvalue weighted by Gasteiger charge is -2.14. The highest BCUT2D eigenvalue weighted by Gasteiger charge is 2.07. The van der Waals surface area contributed by atoms with Crippen LogP contribution in [0.2, 0.25) is 5.02 Å². The molecule has 0 saturated carbocycles. The molecular weight excluding hydrogens is 388 g/mol. The molecule has 2 rings (SSSR count). The van der Waals surface area contributed by atoms with Gasteiger partial charge in [0.1, 0.15) is 12.4 Å². The van der Waals surface area contributed by atoms with Gasteiger partial charge in [-0.1, -0.05) is 45.7 Å². The summed E-state index contributed by atoms with van der Waals surface area (Å²) in [5.74, 6) is 0.887. The molecule has 0 aromatic heterocycles. The van der Waals surface area contributed by atoms with Crippen molar-refractivity contribution in [3.8, 4) is 5.75 Å². The van der Waals surface area contributed by atoms with Crippen LogP contribution in [0.3, 0.4) is 0 Å². The molecule has 0 aliphatic rings. The highest BCUT2D eigenvalue weighted by Crippen LogP contribution is 2.25. The molecule has 0 aliphatic carbocycles. The Morgan fingerprint density at radius 1 is 1.12 bits per heavy atom. The van der Waals surface area contributed by atoms with Crippen LogP contribution in [0.5, 0.6) is 5.75 Å². The van der Waals surface area contributed by atoms with Crippen LogP contribution in [0.15, 0.2) is 46.9 Å². The standard InChI is InChI=1S/C19H24BrClN2O/c1-23(2)11-5-10-22-13-16-12-17(20)8-9-19(16)24-14-15-6-3-4-7-18(15)21/h3-4,6-9,12,22H,5,10-11,13-14H2,1-2H3. The maximum absolute atomic E-state index is 6.20. The van der Waals surface area contributed by atoms with Gasteiger partial charge in [0.15, 0.2) is 0 Å². The van der Waals surface area contributed by atoms with Gasteiger partial charge < -0.3 is 15.0 Å². The molecule has 3 nitrogen and oxygen atoms in total. The Labute approximate surface area is 158 Å². The SMILES string of the molecule is CN(C)CCCNCc1cc(Br)ccc1OCc1ccccc1Cl. The van der Waals surface area contributed by atoms with Crippen LogP contribution in [-0.2, 0) is 13.2 Å². The van der Waals surface area contributed by atoms with Gasteiger partial charge in [0, 0.05) is 27.2 Å². The minimum atomic E-state index is 0.467. The molecule has 2 aromatic rings. The van der Waals surface area contributed by atoms with E-state index in [1.807, 2.05) is 36.4 Å². The largest absolute Gasteiger partial charge is 0.489 e. The second kappa shape index (κ2) is 10.0. The van der Waals surface area contributed by atoms with Crippen molar-refractivity contribution in [3.05, 3.63) is 63.1 Å². The normalized spacial score (nSPS) is 11.0. The Morgan fingerprint density at radius 3 is 2.67 bits per heavy atom. The van der Waals surface area contributed by atoms with Crippen molar-refractivity contribution in [3.63, 3.8) is 0 Å². The van der Waals surface area contributed by atoms with Gasteiger partial charge in [-0.2, -0.15) is 0 Å². The van der Waals surface area contributed by atoms with E-state index in [1.165, 1.54) is 0 Å². The molecule has 0 spiro atoms. The van der Waals surface area contributed by atoms with Gasteiger partial charge in [0.2, 0.25) is 0 Å². The van der Waals surface area contributed by atoms with Crippen molar-refractivity contribution in [1.29, 1.82) is 0 Å². The third-order valence-corrected chi connectivity index (χ3v) is 4.50. The molecule has 1 N–H and O–H groups in total. The summed E-state index contributed by atoms with van der Waals surface area (Å²) >= 11 is 9.73. The number of hydrogen-bond donors (Lipinski definition) is 1. The number of ether oxygens (including phenoxy) is 1. The Hall–Kier alpha value is -1.07. The van der Waals surface area contributed by atoms with Gasteiger partial charge in [0.25, 0.3) is 0 Å². The van der Waals surface area contributed by atoms with E-state index in [4.69, 9.17) is 16.3 Å². The molecular formula is C19H24BrClN2O. The van der Waals surface area contributed by atoms with Crippen molar-refractivity contribution >= 4 is 27.5 Å². The van der Waals surface area contributed by atoms with Crippen LogP contribution >= 0.6 is 27.5 Å². The fraction of sp³-hybridized carbons (Fsp3) is 0.368. The molecule has 5 heteroatoms. The quantitative estimate of drug-likeness (QED) is 0.604. The van der Waals surface area contributed by atoms with E-state index in [2.05, 4.69) is 46.3 Å². The Morgan fingerprint density at radius 2 is 1.92 bits per heavy atom. The number of hydrogen-bond acceptors (Lipinski definition) is 3. The summed E-state index contributed by atoms with van der Waals surface area (Å²) in [6.07, 6.45) is 1.12. The van der Waals surface area contributed by atoms with E-state index in [0.717, 1.165) is 52.4 Å². The van der Waals surface area contributed by atoms with Gasteiger partial charge >= 0.3 is 0 Å². The van der Waals surface area contributed by atoms with Gasteiger partial charge in [-0.3, -0.25) is 0 Å². The first-order valence-corrected chi connectivity index (χ1v) is 9.23. The molecule has 0 amide bonds. The van der Waals surface area contributed by atoms with Crippen molar-refractivity contribution in [2.75, 3.05) is 27.2 Å². The van der Waals surface area contributed by atoms with Gasteiger partial charge in [-0.05, 0) is 57.9 Å². The van der Waals surface area contributed by atoms with E-state index in [0.29, 0.717) is 6.61 Å². The molecule has 0 saturated heterocycles. The fourth-order valence-electron chi connectivity index (χ4n) is 2.34. The van der Waals surface area contributed by atoms with Crippen LogP contribution in [-0.4, -0.2) is 32.1 Å². The Kier molecular flexibility index (Phi) is 8.06. The Balaban J connectivity index is 1.93. The van der Waals surface area contributed by atoms with Crippen molar-refractivity contribution in [1.82, 2.24) is 10.2 Å². The van der Waals surface area contributed by atoms with E-state index < -0.39 is 0 Å². The summed E-state index contributed by atoms with van der Waals surface area (Å²) in [5, 5.41) is 4.21. The molecule has 0 fully saturated rings. The predicted octanol–water partition coefficient (Wildman–Crippen LogP) is 4.72. The highest BCUT2D eigenvalue weighted by atomic mass is 79.9. The average molecular weight is 412 g/mol. The predicted molar refractivity (Wildman–Crippen MR) is 105 cm³/mol. The first kappa shape index (κ1) is 19.3. The average Bonchev–Trinajstić information content (AvgIpc) is 2.55. The van der Waals surface area contributed by atoms with Crippen LogP contribution in [0, 0.1) is 0 Å². The maximum Gasteiger partial charge on any atom is 0.124 e. The van der Waals surface area contributed by atoms with Crippen molar-refractivity contribution < 1.29 is 4.74 Å². The zero-order valence-corrected chi connectivity index (χ0v) is 16.5. The molecule has 0 unspecified atom stereocenters. The van der Waals surface area contributed by atoms with Crippen LogP contribution in [0.4, 0.5) is 0 Å². The second-order valence-electron chi connectivity index (χ2n) is 5.97. The fourth-order valence-corrected chi connectivity index (χ4v) is 2.94. The topological polar surface area (TPSA) is 24.5 Å². The zero-order valence-electron chi connectivity index (χ0n) is 14.2. The smallest absolute Gasteiger partial charge is 0.124 e. The third kappa shape index (κ3) is 6.44. The van der Waals surface area contributed by atoms with Gasteiger partial charge in [0.05, 0.1) is 0 Å². The van der Waals surface area contributed by atoms with E-state index in [1.54, 1.807) is 0 Å². The summed E-state index contributed by atoms with van der Waals surface area (Å²) in [7, 11) is 4.18. The molecule has 0 aliphatic heterocycles. The van der Waals surface area contributed by atoms with E-state index in [9.17, 15) is 0 Å². The third-order valence-electron chi connectivity index (χ3n) is 3.64. The maximum atomic E-state index is 6.20. The molecule has 130 valence electrons. The number of benzene rings is 2. The summed E-state index contributed by atoms with van der Waals surface area (Å²) in [5.41, 5.74) is 2.13. The lowest BCUT2D eigenvalue weighted by Crippen LogP contribution is -2.21. The van der Waals surface area contributed by atoms with Crippen molar-refractivity contribution in [2.45, 2.75) is 19.6 Å². The minimum absolute atomic E-state index is 0.467. The first-order chi connectivity index (χ1) is 11.6. The summed E-state index contributed by atoms with van der Waals surface area (Å²) in [4.78, 5) is 2.19. The molecule has 0 bridgehead atoms. The minimum Gasteiger partial charge on any atom is -0.489 e. The summed E-state index contributed by atoms with van der Waals surface area (Å²) < 4.78 is 7.05. The van der Waals surface area contributed by atoms with Gasteiger partial charge in [-0.15, -0.1) is 0 Å². The summed E-state index contributed by atoms with van der Waals surface area (Å²) in [6.45, 7) is 3.32. The number of nitrogens with zero attached hydrogens (tertiary/aromatic N) is 1. The Bertz CT molecular complexity index is 649. The zero-order chi connectivity index (χ0) is 17.4. The second-order valence-corrected chi connectivity index (χ2v) is 7.29. The van der Waals surface area contributed by atoms with Crippen LogP contribution in [0.25, 0.3) is 0 Å². The monoisotopic (exact) mass is 410 g/mol. The van der Waals surface area contributed by atoms with Crippen molar-refractivity contribution in [2.24, 2.45) is 0 Å². The molecule has 2 aromatic carbocycles. The first-order valence-electron chi connectivity index (χ1n) is 8.06. The molecule has 0 heterocycles. The summed E-state index contributed by atoms with van der Waals surface area (Å²) in [6, 6.07) is 13.9.